The van der Waals surface area contributed by atoms with Crippen LogP contribution in [0, 0.1) is 17.0 Å². The molecule has 0 spiro atoms. The Kier molecular flexibility index (Phi) is 5.27. The number of ether oxygens (including phenoxy) is 1. The minimum atomic E-state index is -0.451. The van der Waals surface area contributed by atoms with Crippen molar-refractivity contribution in [1.29, 1.82) is 0 Å². The van der Waals surface area contributed by atoms with Crippen LogP contribution >= 0.6 is 22.7 Å². The largest absolute Gasteiger partial charge is 0.492 e. The van der Waals surface area contributed by atoms with Gasteiger partial charge in [0.15, 0.2) is 0 Å². The molecular formula is C22H17N5O4S2. The number of thiazole rings is 1. The molecule has 0 saturated heterocycles. The van der Waals surface area contributed by atoms with Gasteiger partial charge in [-0.1, -0.05) is 17.4 Å². The molecule has 0 aliphatic rings. The summed E-state index contributed by atoms with van der Waals surface area (Å²) >= 11 is 2.72. The number of aryl methyl sites for hydroxylation is 1. The van der Waals surface area contributed by atoms with E-state index in [1.807, 2.05) is 32.0 Å². The average Bonchev–Trinajstić information content (AvgIpc) is 3.49. The van der Waals surface area contributed by atoms with E-state index >= 15 is 0 Å². The van der Waals surface area contributed by atoms with Crippen LogP contribution in [0.3, 0.4) is 0 Å². The second-order valence-corrected chi connectivity index (χ2v) is 9.25. The van der Waals surface area contributed by atoms with Crippen LogP contribution in [0.1, 0.15) is 22.3 Å². The van der Waals surface area contributed by atoms with Crippen molar-refractivity contribution >= 4 is 60.4 Å². The van der Waals surface area contributed by atoms with Gasteiger partial charge in [-0.2, -0.15) is 9.78 Å². The molecular weight excluding hydrogens is 462 g/mol. The molecule has 5 rings (SSSR count). The Morgan fingerprint density at radius 1 is 1.18 bits per heavy atom. The van der Waals surface area contributed by atoms with Crippen LogP contribution in [0.5, 0.6) is 5.75 Å². The molecule has 1 N–H and O–H groups in total. The molecule has 5 aromatic rings. The van der Waals surface area contributed by atoms with Gasteiger partial charge >= 0.3 is 0 Å². The lowest BCUT2D eigenvalue weighted by atomic mass is 10.2. The first-order chi connectivity index (χ1) is 15.9. The third kappa shape index (κ3) is 3.92. The Morgan fingerprint density at radius 3 is 2.82 bits per heavy atom. The summed E-state index contributed by atoms with van der Waals surface area (Å²) in [5.41, 5.74) is 1.46. The van der Waals surface area contributed by atoms with Crippen molar-refractivity contribution in [2.75, 3.05) is 11.9 Å². The summed E-state index contributed by atoms with van der Waals surface area (Å²) in [4.78, 5) is 28.7. The van der Waals surface area contributed by atoms with Gasteiger partial charge in [-0.25, -0.2) is 4.98 Å². The van der Waals surface area contributed by atoms with Crippen molar-refractivity contribution in [3.8, 4) is 10.9 Å². The zero-order chi connectivity index (χ0) is 23.1. The van der Waals surface area contributed by atoms with Gasteiger partial charge < -0.3 is 10.1 Å². The second-order valence-electron chi connectivity index (χ2n) is 7.16. The maximum absolute atomic E-state index is 13.0. The van der Waals surface area contributed by atoms with Gasteiger partial charge in [0.05, 0.1) is 26.8 Å². The van der Waals surface area contributed by atoms with E-state index in [0.29, 0.717) is 33.6 Å². The number of anilines is 1. The minimum Gasteiger partial charge on any atom is -0.492 e. The maximum Gasteiger partial charge on any atom is 0.270 e. The van der Waals surface area contributed by atoms with Gasteiger partial charge in [0, 0.05) is 28.3 Å². The van der Waals surface area contributed by atoms with E-state index in [-0.39, 0.29) is 11.6 Å². The van der Waals surface area contributed by atoms with E-state index in [2.05, 4.69) is 10.4 Å². The van der Waals surface area contributed by atoms with E-state index in [1.165, 1.54) is 34.8 Å². The number of benzene rings is 2. The smallest absolute Gasteiger partial charge is 0.270 e. The molecule has 3 heterocycles. The molecule has 0 atom stereocenters. The van der Waals surface area contributed by atoms with E-state index in [9.17, 15) is 14.9 Å². The Labute approximate surface area is 195 Å². The van der Waals surface area contributed by atoms with E-state index in [4.69, 9.17) is 9.72 Å². The van der Waals surface area contributed by atoms with E-state index in [1.54, 1.807) is 22.9 Å². The van der Waals surface area contributed by atoms with Gasteiger partial charge in [-0.15, -0.1) is 11.3 Å². The Hall–Kier alpha value is -3.83. The highest BCUT2D eigenvalue weighted by Crippen LogP contribution is 2.33. The van der Waals surface area contributed by atoms with Crippen LogP contribution in [0.25, 0.3) is 25.4 Å². The summed E-state index contributed by atoms with van der Waals surface area (Å²) in [6, 6.07) is 13.7. The summed E-state index contributed by atoms with van der Waals surface area (Å²) in [5, 5.41) is 19.7. The molecule has 0 aliphatic heterocycles. The molecule has 0 saturated carbocycles. The van der Waals surface area contributed by atoms with Crippen molar-refractivity contribution in [3.05, 3.63) is 69.2 Å². The summed E-state index contributed by atoms with van der Waals surface area (Å²) < 4.78 is 9.03. The number of nitrogens with one attached hydrogen (secondary N) is 1. The second kappa shape index (κ2) is 8.26. The quantitative estimate of drug-likeness (QED) is 0.252. The molecule has 11 heteroatoms. The summed E-state index contributed by atoms with van der Waals surface area (Å²) in [7, 11) is 0. The number of carbonyl (C=O) groups excluding carboxylic acids is 1. The zero-order valence-electron chi connectivity index (χ0n) is 17.6. The third-order valence-electron chi connectivity index (χ3n) is 4.86. The number of carbonyl (C=O) groups is 1. The molecule has 0 aliphatic carbocycles. The number of hydrogen-bond acceptors (Lipinski definition) is 8. The number of nitrogens with zero attached hydrogens (tertiary/aromatic N) is 4. The summed E-state index contributed by atoms with van der Waals surface area (Å²) in [6.45, 7) is 4.29. The number of hydrogen-bond donors (Lipinski definition) is 1. The third-order valence-corrected chi connectivity index (χ3v) is 6.97. The molecule has 3 aromatic heterocycles. The van der Waals surface area contributed by atoms with Crippen molar-refractivity contribution in [2.45, 2.75) is 13.8 Å². The van der Waals surface area contributed by atoms with Gasteiger partial charge in [0.2, 0.25) is 5.13 Å². The molecule has 0 fully saturated rings. The van der Waals surface area contributed by atoms with Crippen LogP contribution in [-0.2, 0) is 0 Å². The molecule has 9 nitrogen and oxygen atoms in total. The number of para-hydroxylation sites is 1. The zero-order valence-corrected chi connectivity index (χ0v) is 19.2. The van der Waals surface area contributed by atoms with Gasteiger partial charge in [0.1, 0.15) is 17.1 Å². The number of nitro groups is 1. The number of fused-ring (bicyclic) bond motifs is 2. The van der Waals surface area contributed by atoms with E-state index < -0.39 is 4.92 Å². The Morgan fingerprint density at radius 2 is 2.03 bits per heavy atom. The fourth-order valence-corrected chi connectivity index (χ4v) is 5.33. The predicted octanol–water partition coefficient (Wildman–Crippen LogP) is 5.56. The topological polar surface area (TPSA) is 112 Å². The molecule has 33 heavy (non-hydrogen) atoms. The summed E-state index contributed by atoms with van der Waals surface area (Å²) in [6.07, 6.45) is 0. The number of rotatable bonds is 6. The Balaban J connectivity index is 1.48. The van der Waals surface area contributed by atoms with Crippen LogP contribution in [0.2, 0.25) is 0 Å². The maximum atomic E-state index is 13.0. The molecule has 2 aromatic carbocycles. The first kappa shape index (κ1) is 21.0. The van der Waals surface area contributed by atoms with Crippen molar-refractivity contribution in [1.82, 2.24) is 14.8 Å². The fourth-order valence-electron chi connectivity index (χ4n) is 3.44. The highest BCUT2D eigenvalue weighted by atomic mass is 32.1. The van der Waals surface area contributed by atoms with Gasteiger partial charge in [-0.05, 0) is 38.1 Å². The van der Waals surface area contributed by atoms with Crippen molar-refractivity contribution in [2.24, 2.45) is 0 Å². The number of nitro benzene ring substituents is 1. The lowest BCUT2D eigenvalue weighted by Gasteiger charge is -2.05. The SMILES string of the molecule is CCOc1cccc2sc(-n3nc(C)cc3NC(=O)c3cc4cc([N+](=O)[O-])ccc4s3)nc12. The van der Waals surface area contributed by atoms with Crippen LogP contribution in [0.15, 0.2) is 48.5 Å². The Bertz CT molecular complexity index is 1530. The van der Waals surface area contributed by atoms with Crippen molar-refractivity contribution < 1.29 is 14.5 Å². The van der Waals surface area contributed by atoms with Gasteiger partial charge in [-0.3, -0.25) is 14.9 Å². The normalized spacial score (nSPS) is 11.2. The number of non-ortho nitro benzene ring substituents is 1. The van der Waals surface area contributed by atoms with Crippen LogP contribution < -0.4 is 10.1 Å². The molecule has 0 radical (unpaired) electrons. The monoisotopic (exact) mass is 479 g/mol. The number of amides is 1. The molecule has 166 valence electrons. The van der Waals surface area contributed by atoms with Crippen LogP contribution in [0.4, 0.5) is 11.5 Å². The number of aromatic nitrogens is 3. The average molecular weight is 480 g/mol. The number of thiophene rings is 1. The first-order valence-corrected chi connectivity index (χ1v) is 11.6. The fraction of sp³-hybridized carbons (Fsp3) is 0.136. The lowest BCUT2D eigenvalue weighted by molar-refractivity contribution is -0.384. The van der Waals surface area contributed by atoms with Gasteiger partial charge in [0.25, 0.3) is 11.6 Å². The van der Waals surface area contributed by atoms with Crippen molar-refractivity contribution in [3.63, 3.8) is 0 Å². The summed E-state index contributed by atoms with van der Waals surface area (Å²) in [5.74, 6) is 0.861. The molecule has 1 amide bonds. The highest BCUT2D eigenvalue weighted by Gasteiger charge is 2.19. The standard InChI is InChI=1S/C22H17N5O4S2/c1-3-31-15-5-4-6-17-20(15)24-22(33-17)26-19(9-12(2)25-26)23-21(28)18-11-13-10-14(27(29)30)7-8-16(13)32-18/h4-11H,3H2,1-2H3,(H,23,28). The molecule has 0 bridgehead atoms. The first-order valence-electron chi connectivity index (χ1n) is 10.0. The lowest BCUT2D eigenvalue weighted by Crippen LogP contribution is -2.13. The predicted molar refractivity (Wildman–Crippen MR) is 129 cm³/mol. The molecule has 0 unspecified atom stereocenters. The van der Waals surface area contributed by atoms with E-state index in [0.717, 1.165) is 20.6 Å². The minimum absolute atomic E-state index is 0.0109. The highest BCUT2D eigenvalue weighted by molar-refractivity contribution is 7.21. The van der Waals surface area contributed by atoms with Crippen LogP contribution in [-0.4, -0.2) is 32.2 Å².